The quantitative estimate of drug-likeness (QED) is 0.262. The van der Waals surface area contributed by atoms with E-state index >= 15 is 0 Å². The van der Waals surface area contributed by atoms with Crippen molar-refractivity contribution in [3.63, 3.8) is 0 Å². The van der Waals surface area contributed by atoms with Gasteiger partial charge in [-0.2, -0.15) is 0 Å². The Hall–Kier alpha value is -3.32. The van der Waals surface area contributed by atoms with Crippen molar-refractivity contribution in [3.8, 4) is 5.75 Å². The number of hydrogen-bond acceptors (Lipinski definition) is 11. The molecule has 5 atom stereocenters. The van der Waals surface area contributed by atoms with Crippen LogP contribution in [0.2, 0.25) is 0 Å². The van der Waals surface area contributed by atoms with Gasteiger partial charge < -0.3 is 40.0 Å². The van der Waals surface area contributed by atoms with Crippen LogP contribution in [0.4, 0.5) is 11.6 Å². The highest BCUT2D eigenvalue weighted by Crippen LogP contribution is 2.29. The molecular formula is C21H25N3O9. The monoisotopic (exact) mass is 463 g/mol. The Morgan fingerprint density at radius 3 is 2.27 bits per heavy atom. The number of aliphatic hydroxyl groups is 3. The molecule has 1 aliphatic rings. The third-order valence-corrected chi connectivity index (χ3v) is 4.84. The molecule has 33 heavy (non-hydrogen) atoms. The second kappa shape index (κ2) is 10.5. The van der Waals surface area contributed by atoms with Crippen molar-refractivity contribution in [3.05, 3.63) is 41.7 Å². The number of aliphatic carboxylic acids is 1. The number of para-hydroxylation sites is 1. The minimum absolute atomic E-state index is 0.197. The highest BCUT2D eigenvalue weighted by Gasteiger charge is 2.45. The Balaban J connectivity index is 1.71. The van der Waals surface area contributed by atoms with E-state index in [2.05, 4.69) is 15.3 Å². The molecule has 5 N–H and O–H groups in total. The molecule has 0 radical (unpaired) electrons. The van der Waals surface area contributed by atoms with Crippen molar-refractivity contribution in [2.75, 3.05) is 11.9 Å². The predicted molar refractivity (Wildman–Crippen MR) is 112 cm³/mol. The fourth-order valence-corrected chi connectivity index (χ4v) is 3.20. The highest BCUT2D eigenvalue weighted by molar-refractivity contribution is 5.90. The molecule has 1 fully saturated rings. The van der Waals surface area contributed by atoms with E-state index in [1.54, 1.807) is 13.8 Å². The summed E-state index contributed by atoms with van der Waals surface area (Å²) in [6, 6.07) is 9.29. The molecule has 178 valence electrons. The highest BCUT2D eigenvalue weighted by atomic mass is 16.7. The number of esters is 1. The zero-order valence-electron chi connectivity index (χ0n) is 17.9. The van der Waals surface area contributed by atoms with Gasteiger partial charge in [-0.1, -0.05) is 18.2 Å². The van der Waals surface area contributed by atoms with Gasteiger partial charge in [0.2, 0.25) is 12.2 Å². The molecular weight excluding hydrogens is 438 g/mol. The normalized spacial score (nSPS) is 24.7. The van der Waals surface area contributed by atoms with Crippen LogP contribution in [-0.2, 0) is 19.1 Å². The van der Waals surface area contributed by atoms with Gasteiger partial charge in [0.15, 0.2) is 5.75 Å². The van der Waals surface area contributed by atoms with E-state index in [0.29, 0.717) is 17.3 Å². The molecule has 1 aromatic carbocycles. The number of carbonyl (C=O) groups is 2. The van der Waals surface area contributed by atoms with Crippen molar-refractivity contribution in [1.82, 2.24) is 9.97 Å². The van der Waals surface area contributed by atoms with Gasteiger partial charge in [0.25, 0.3) is 0 Å². The molecule has 1 aromatic heterocycles. The van der Waals surface area contributed by atoms with Crippen LogP contribution in [-0.4, -0.2) is 79.6 Å². The summed E-state index contributed by atoms with van der Waals surface area (Å²) in [6.45, 7) is 2.77. The van der Waals surface area contributed by atoms with E-state index in [0.717, 1.165) is 5.69 Å². The lowest BCUT2D eigenvalue weighted by atomic mass is 9.99. The predicted octanol–water partition coefficient (Wildman–Crippen LogP) is 0.0413. The first-order valence-electron chi connectivity index (χ1n) is 10.1. The van der Waals surface area contributed by atoms with Crippen molar-refractivity contribution in [2.24, 2.45) is 0 Å². The van der Waals surface area contributed by atoms with Crippen LogP contribution in [0.1, 0.15) is 17.8 Å². The fourth-order valence-electron chi connectivity index (χ4n) is 3.20. The number of anilines is 2. The topological polar surface area (TPSA) is 181 Å². The largest absolute Gasteiger partial charge is 0.481 e. The van der Waals surface area contributed by atoms with E-state index < -0.39 is 55.7 Å². The van der Waals surface area contributed by atoms with E-state index in [1.807, 2.05) is 30.3 Å². The van der Waals surface area contributed by atoms with Crippen LogP contribution in [0, 0.1) is 13.8 Å². The molecule has 0 unspecified atom stereocenters. The van der Waals surface area contributed by atoms with Crippen LogP contribution >= 0.6 is 0 Å². The molecule has 0 bridgehead atoms. The Labute approximate surface area is 188 Å². The molecule has 3 rings (SSSR count). The Morgan fingerprint density at radius 1 is 1.03 bits per heavy atom. The Bertz CT molecular complexity index is 965. The van der Waals surface area contributed by atoms with E-state index in [9.17, 15) is 24.9 Å². The number of carbonyl (C=O) groups excluding carboxylic acids is 1. The maximum Gasteiger partial charge on any atom is 0.317 e. The molecule has 0 saturated carbocycles. The number of aromatic nitrogens is 2. The fraction of sp³-hybridized carbons (Fsp3) is 0.429. The number of rotatable bonds is 8. The summed E-state index contributed by atoms with van der Waals surface area (Å²) in [7, 11) is 0. The smallest absolute Gasteiger partial charge is 0.317 e. The summed E-state index contributed by atoms with van der Waals surface area (Å²) >= 11 is 0. The van der Waals surface area contributed by atoms with Gasteiger partial charge in [-0.05, 0) is 26.0 Å². The molecule has 1 aliphatic heterocycles. The van der Waals surface area contributed by atoms with Crippen LogP contribution in [0.25, 0.3) is 0 Å². The number of aliphatic hydroxyl groups excluding tert-OH is 3. The van der Waals surface area contributed by atoms with Gasteiger partial charge in [-0.25, -0.2) is 9.97 Å². The third-order valence-electron chi connectivity index (χ3n) is 4.84. The average Bonchev–Trinajstić information content (AvgIpc) is 2.75. The van der Waals surface area contributed by atoms with E-state index in [4.69, 9.17) is 19.3 Å². The van der Waals surface area contributed by atoms with Gasteiger partial charge in [0, 0.05) is 5.69 Å². The summed E-state index contributed by atoms with van der Waals surface area (Å²) < 4.78 is 16.0. The van der Waals surface area contributed by atoms with Gasteiger partial charge >= 0.3 is 11.9 Å². The van der Waals surface area contributed by atoms with Crippen molar-refractivity contribution in [1.29, 1.82) is 0 Å². The number of carboxylic acids is 1. The lowest BCUT2D eigenvalue weighted by Crippen LogP contribution is -2.60. The number of ether oxygens (including phenoxy) is 3. The third kappa shape index (κ3) is 6.14. The first-order chi connectivity index (χ1) is 15.7. The lowest BCUT2D eigenvalue weighted by molar-refractivity contribution is -0.278. The second-order valence-corrected chi connectivity index (χ2v) is 7.42. The molecule has 1 saturated heterocycles. The number of carboxylic acid groups (broad SMARTS) is 1. The molecule has 0 amide bonds. The summed E-state index contributed by atoms with van der Waals surface area (Å²) in [5.74, 6) is -1.90. The number of aryl methyl sites for hydroxylation is 2. The number of benzene rings is 1. The standard InChI is InChI=1S/C21H25N3O9/c1-10-19(11(2)23-21(22-10)24-12-6-4-3-5-7-12)33-20-18(30)17(29)16(28)13(32-20)9-31-15(27)8-14(25)26/h3-7,13,16-18,20,28-30H,8-9H2,1-2H3,(H,25,26)(H,22,23,24)/t13-,16-,17+,18-,20+/m1/s1. The molecule has 12 heteroatoms. The SMILES string of the molecule is Cc1nc(Nc2ccccc2)nc(C)c1O[C@@H]1O[C@H](COC(=O)CC(=O)O)[C@@H](O)[C@H](O)[C@H]1O. The van der Waals surface area contributed by atoms with Crippen LogP contribution in [0.5, 0.6) is 5.75 Å². The van der Waals surface area contributed by atoms with E-state index in [-0.39, 0.29) is 5.75 Å². The number of nitrogens with zero attached hydrogens (tertiary/aromatic N) is 2. The van der Waals surface area contributed by atoms with Crippen LogP contribution in [0.3, 0.4) is 0 Å². The molecule has 12 nitrogen and oxygen atoms in total. The zero-order chi connectivity index (χ0) is 24.1. The summed E-state index contributed by atoms with van der Waals surface area (Å²) in [6.07, 6.45) is -8.49. The summed E-state index contributed by atoms with van der Waals surface area (Å²) in [5.41, 5.74) is 1.62. The lowest BCUT2D eigenvalue weighted by Gasteiger charge is -2.40. The van der Waals surface area contributed by atoms with Gasteiger partial charge in [0.05, 0.1) is 11.4 Å². The van der Waals surface area contributed by atoms with E-state index in [1.165, 1.54) is 0 Å². The minimum Gasteiger partial charge on any atom is -0.481 e. The van der Waals surface area contributed by atoms with Crippen LogP contribution < -0.4 is 10.1 Å². The van der Waals surface area contributed by atoms with Gasteiger partial charge in [-0.15, -0.1) is 0 Å². The Kier molecular flexibility index (Phi) is 7.76. The number of hydrogen-bond donors (Lipinski definition) is 5. The first kappa shape index (κ1) is 24.3. The molecule has 2 aromatic rings. The molecule has 0 spiro atoms. The summed E-state index contributed by atoms with van der Waals surface area (Å²) in [5, 5.41) is 42.3. The summed E-state index contributed by atoms with van der Waals surface area (Å²) in [4.78, 5) is 30.7. The van der Waals surface area contributed by atoms with Crippen LogP contribution in [0.15, 0.2) is 30.3 Å². The molecule has 0 aliphatic carbocycles. The van der Waals surface area contributed by atoms with Gasteiger partial charge in [-0.3, -0.25) is 9.59 Å². The first-order valence-corrected chi connectivity index (χ1v) is 10.1. The van der Waals surface area contributed by atoms with Crippen molar-refractivity contribution >= 4 is 23.6 Å². The maximum atomic E-state index is 11.5. The second-order valence-electron chi connectivity index (χ2n) is 7.42. The number of nitrogens with one attached hydrogen (secondary N) is 1. The average molecular weight is 463 g/mol. The zero-order valence-corrected chi connectivity index (χ0v) is 17.9. The molecule has 2 heterocycles. The minimum atomic E-state index is -1.67. The van der Waals surface area contributed by atoms with Crippen molar-refractivity contribution < 1.29 is 44.2 Å². The van der Waals surface area contributed by atoms with Crippen molar-refractivity contribution in [2.45, 2.75) is 51.0 Å². The Morgan fingerprint density at radius 2 is 1.67 bits per heavy atom. The van der Waals surface area contributed by atoms with Gasteiger partial charge in [0.1, 0.15) is 37.4 Å². The maximum absolute atomic E-state index is 11.5.